The minimum absolute atomic E-state index is 0.0865. The van der Waals surface area contributed by atoms with Crippen LogP contribution in [0.25, 0.3) is 6.08 Å². The number of Topliss-reactive ketones (excluding diaryl/α,β-unsaturated/α-hetero) is 1. The van der Waals surface area contributed by atoms with Crippen LogP contribution in [-0.4, -0.2) is 39.9 Å². The van der Waals surface area contributed by atoms with Gasteiger partial charge in [0.15, 0.2) is 28.8 Å². The molecule has 3 aliphatic heterocycles. The van der Waals surface area contributed by atoms with Crippen molar-refractivity contribution in [3.8, 4) is 40.2 Å². The molecule has 0 saturated carbocycles. The second-order valence-corrected chi connectivity index (χ2v) is 8.59. The van der Waals surface area contributed by atoms with E-state index in [-0.39, 0.29) is 30.7 Å². The van der Waals surface area contributed by atoms with Crippen LogP contribution >= 0.6 is 0 Å². The number of hydrogen-bond acceptors (Lipinski definition) is 9. The van der Waals surface area contributed by atoms with Crippen molar-refractivity contribution in [1.29, 1.82) is 0 Å². The first-order valence-electron chi connectivity index (χ1n) is 11.5. The van der Waals surface area contributed by atoms with Crippen LogP contribution in [0.4, 0.5) is 0 Å². The summed E-state index contributed by atoms with van der Waals surface area (Å²) in [6, 6.07) is 12.1. The van der Waals surface area contributed by atoms with Gasteiger partial charge in [0.05, 0.1) is 33.3 Å². The zero-order valence-electron chi connectivity index (χ0n) is 20.3. The highest BCUT2D eigenvalue weighted by Crippen LogP contribution is 2.50. The number of carbonyl (C=O) groups is 2. The van der Waals surface area contributed by atoms with Crippen LogP contribution in [-0.2, 0) is 4.79 Å². The average Bonchev–Trinajstić information content (AvgIpc) is 3.51. The molecule has 6 rings (SSSR count). The van der Waals surface area contributed by atoms with Gasteiger partial charge >= 0.3 is 5.97 Å². The summed E-state index contributed by atoms with van der Waals surface area (Å²) in [5.41, 5.74) is 2.41. The zero-order valence-corrected chi connectivity index (χ0v) is 20.3. The summed E-state index contributed by atoms with van der Waals surface area (Å²) in [6.07, 6.45) is 1.68. The Balaban J connectivity index is 1.44. The van der Waals surface area contributed by atoms with Gasteiger partial charge in [-0.05, 0) is 42.0 Å². The number of ether oxygens (including phenoxy) is 7. The predicted octanol–water partition coefficient (Wildman–Crippen LogP) is 4.50. The SMILES string of the molecule is COc1cc(OC)c(OC)cc1/C=C1/Oc2c(ccc3c2C(c2ccc4c(c2)OCO4)CC(=O)O3)C1=O. The standard InChI is InChI=1S/C28H22O9/c1-31-20-12-22(33-3)21(32-2)9-15(20)10-24-27(30)16-5-7-19-26(28(16)37-24)17(11-25(29)36-19)14-4-6-18-23(8-14)35-13-34-18/h4-10,12,17H,11,13H2,1-3H3/b24-10+. The van der Waals surface area contributed by atoms with Crippen molar-refractivity contribution in [2.24, 2.45) is 0 Å². The molecule has 3 aromatic carbocycles. The third-order valence-electron chi connectivity index (χ3n) is 6.60. The highest BCUT2D eigenvalue weighted by atomic mass is 16.7. The van der Waals surface area contributed by atoms with Crippen LogP contribution < -0.4 is 33.2 Å². The van der Waals surface area contributed by atoms with Gasteiger partial charge in [-0.3, -0.25) is 9.59 Å². The molecular weight excluding hydrogens is 480 g/mol. The van der Waals surface area contributed by atoms with Gasteiger partial charge in [0.2, 0.25) is 12.6 Å². The number of ketones is 1. The van der Waals surface area contributed by atoms with Crippen molar-refractivity contribution in [3.63, 3.8) is 0 Å². The van der Waals surface area contributed by atoms with Crippen molar-refractivity contribution in [2.45, 2.75) is 12.3 Å². The van der Waals surface area contributed by atoms with E-state index in [1.807, 2.05) is 12.1 Å². The summed E-state index contributed by atoms with van der Waals surface area (Å²) in [5.74, 6) is 2.45. The normalized spacial score (nSPS) is 18.1. The molecule has 37 heavy (non-hydrogen) atoms. The van der Waals surface area contributed by atoms with E-state index in [4.69, 9.17) is 33.2 Å². The highest BCUT2D eigenvalue weighted by molar-refractivity contribution is 6.15. The van der Waals surface area contributed by atoms with Crippen molar-refractivity contribution >= 4 is 17.8 Å². The van der Waals surface area contributed by atoms with E-state index < -0.39 is 5.92 Å². The molecule has 1 unspecified atom stereocenters. The molecule has 1 atom stereocenters. The molecule has 0 saturated heterocycles. The van der Waals surface area contributed by atoms with Crippen LogP contribution in [0.3, 0.4) is 0 Å². The van der Waals surface area contributed by atoms with Crippen molar-refractivity contribution in [3.05, 3.63) is 70.5 Å². The molecule has 0 fully saturated rings. The monoisotopic (exact) mass is 502 g/mol. The third kappa shape index (κ3) is 3.70. The molecule has 0 N–H and O–H groups in total. The molecule has 3 aromatic rings. The van der Waals surface area contributed by atoms with Crippen LogP contribution in [0.2, 0.25) is 0 Å². The Morgan fingerprint density at radius 3 is 2.32 bits per heavy atom. The van der Waals surface area contributed by atoms with E-state index in [1.54, 1.807) is 36.4 Å². The van der Waals surface area contributed by atoms with Gasteiger partial charge in [-0.1, -0.05) is 6.07 Å². The Hall–Kier alpha value is -4.66. The van der Waals surface area contributed by atoms with E-state index in [2.05, 4.69) is 0 Å². The Kier molecular flexibility index (Phi) is 5.40. The van der Waals surface area contributed by atoms with Gasteiger partial charge in [0.25, 0.3) is 0 Å². The van der Waals surface area contributed by atoms with Crippen molar-refractivity contribution in [1.82, 2.24) is 0 Å². The fourth-order valence-electron chi connectivity index (χ4n) is 4.83. The Bertz CT molecular complexity index is 1490. The maximum atomic E-state index is 13.4. The summed E-state index contributed by atoms with van der Waals surface area (Å²) < 4.78 is 38.9. The van der Waals surface area contributed by atoms with Crippen LogP contribution in [0, 0.1) is 0 Å². The highest BCUT2D eigenvalue weighted by Gasteiger charge is 2.39. The van der Waals surface area contributed by atoms with E-state index in [0.29, 0.717) is 56.9 Å². The molecule has 3 heterocycles. The smallest absolute Gasteiger partial charge is 0.312 e. The fourth-order valence-corrected chi connectivity index (χ4v) is 4.83. The molecule has 188 valence electrons. The number of hydrogen-bond donors (Lipinski definition) is 0. The predicted molar refractivity (Wildman–Crippen MR) is 130 cm³/mol. The summed E-state index contributed by atoms with van der Waals surface area (Å²) >= 11 is 0. The lowest BCUT2D eigenvalue weighted by molar-refractivity contribution is -0.135. The Morgan fingerprint density at radius 2 is 1.54 bits per heavy atom. The lowest BCUT2D eigenvalue weighted by atomic mass is 9.84. The van der Waals surface area contributed by atoms with E-state index in [9.17, 15) is 9.59 Å². The summed E-state index contributed by atoms with van der Waals surface area (Å²) in [4.78, 5) is 25.9. The molecule has 0 amide bonds. The van der Waals surface area contributed by atoms with Crippen molar-refractivity contribution in [2.75, 3.05) is 28.1 Å². The fraction of sp³-hybridized carbons (Fsp3) is 0.214. The Morgan fingerprint density at radius 1 is 0.811 bits per heavy atom. The molecule has 9 nitrogen and oxygen atoms in total. The molecule has 9 heteroatoms. The minimum Gasteiger partial charge on any atom is -0.496 e. The van der Waals surface area contributed by atoms with E-state index in [0.717, 1.165) is 5.56 Å². The number of esters is 1. The Labute approximate surface area is 212 Å². The number of allylic oxidation sites excluding steroid dienone is 1. The molecule has 0 radical (unpaired) electrons. The second-order valence-electron chi connectivity index (χ2n) is 8.59. The molecule has 0 aliphatic carbocycles. The molecule has 0 aromatic heterocycles. The summed E-state index contributed by atoms with van der Waals surface area (Å²) in [5, 5.41) is 0. The van der Waals surface area contributed by atoms with Crippen LogP contribution in [0.15, 0.2) is 48.2 Å². The first kappa shape index (κ1) is 22.8. The summed E-state index contributed by atoms with van der Waals surface area (Å²) in [6.45, 7) is 0.142. The van der Waals surface area contributed by atoms with Gasteiger partial charge in [-0.2, -0.15) is 0 Å². The molecule has 0 bridgehead atoms. The molecule has 3 aliphatic rings. The third-order valence-corrected chi connectivity index (χ3v) is 6.60. The molecular formula is C28H22O9. The number of fused-ring (bicyclic) bond motifs is 4. The average molecular weight is 502 g/mol. The van der Waals surface area contributed by atoms with Gasteiger partial charge in [-0.25, -0.2) is 0 Å². The number of rotatable bonds is 5. The topological polar surface area (TPSA) is 98.8 Å². The number of methoxy groups -OCH3 is 3. The number of benzene rings is 3. The minimum atomic E-state index is -0.400. The van der Waals surface area contributed by atoms with Crippen molar-refractivity contribution < 1.29 is 42.7 Å². The first-order chi connectivity index (χ1) is 18.0. The lowest BCUT2D eigenvalue weighted by Gasteiger charge is -2.26. The van der Waals surface area contributed by atoms with E-state index >= 15 is 0 Å². The van der Waals surface area contributed by atoms with Crippen LogP contribution in [0.5, 0.6) is 40.2 Å². The van der Waals surface area contributed by atoms with Gasteiger partial charge in [-0.15, -0.1) is 0 Å². The zero-order chi connectivity index (χ0) is 25.7. The first-order valence-corrected chi connectivity index (χ1v) is 11.5. The number of carbonyl (C=O) groups excluding carboxylic acids is 2. The van der Waals surface area contributed by atoms with Gasteiger partial charge < -0.3 is 33.2 Å². The van der Waals surface area contributed by atoms with Gasteiger partial charge in [0.1, 0.15) is 17.2 Å². The second kappa shape index (κ2) is 8.77. The van der Waals surface area contributed by atoms with E-state index in [1.165, 1.54) is 21.3 Å². The van der Waals surface area contributed by atoms with Crippen LogP contribution in [0.1, 0.15) is 39.4 Å². The largest absolute Gasteiger partial charge is 0.496 e. The summed E-state index contributed by atoms with van der Waals surface area (Å²) in [7, 11) is 4.58. The maximum absolute atomic E-state index is 13.4. The quantitative estimate of drug-likeness (QED) is 0.284. The maximum Gasteiger partial charge on any atom is 0.312 e. The molecule has 0 spiro atoms. The lowest BCUT2D eigenvalue weighted by Crippen LogP contribution is -2.21. The van der Waals surface area contributed by atoms with Gasteiger partial charge in [0, 0.05) is 23.1 Å².